The molecule has 2 heterocycles. The minimum atomic E-state index is -0.937. The summed E-state index contributed by atoms with van der Waals surface area (Å²) in [6.07, 6.45) is 1.25. The molecule has 0 saturated carbocycles. The SMILES string of the molecule is O=C(O)C1CN(C(=O)c2ncn[nH]2)Cc2ccccc21. The van der Waals surface area contributed by atoms with E-state index in [9.17, 15) is 14.7 Å². The van der Waals surface area contributed by atoms with Crippen molar-refractivity contribution in [3.8, 4) is 0 Å². The van der Waals surface area contributed by atoms with E-state index in [1.165, 1.54) is 11.2 Å². The van der Waals surface area contributed by atoms with Crippen molar-refractivity contribution < 1.29 is 14.7 Å². The lowest BCUT2D eigenvalue weighted by Crippen LogP contribution is -2.41. The van der Waals surface area contributed by atoms with Gasteiger partial charge in [-0.2, -0.15) is 5.10 Å². The Morgan fingerprint density at radius 1 is 1.35 bits per heavy atom. The third-order valence-corrected chi connectivity index (χ3v) is 3.40. The van der Waals surface area contributed by atoms with Gasteiger partial charge in [0.25, 0.3) is 5.91 Å². The van der Waals surface area contributed by atoms with Crippen LogP contribution < -0.4 is 0 Å². The number of rotatable bonds is 2. The third-order valence-electron chi connectivity index (χ3n) is 3.40. The minimum absolute atomic E-state index is 0.119. The average Bonchev–Trinajstić information content (AvgIpc) is 2.99. The van der Waals surface area contributed by atoms with Gasteiger partial charge < -0.3 is 10.0 Å². The number of carbonyl (C=O) groups excluding carboxylic acids is 1. The number of nitrogens with one attached hydrogen (secondary N) is 1. The molecule has 2 N–H and O–H groups in total. The Bertz CT molecular complexity index is 653. The summed E-state index contributed by atoms with van der Waals surface area (Å²) in [5, 5.41) is 15.5. The van der Waals surface area contributed by atoms with Gasteiger partial charge in [-0.1, -0.05) is 24.3 Å². The molecular weight excluding hydrogens is 260 g/mol. The Kier molecular flexibility index (Phi) is 2.94. The molecular formula is C13H12N4O3. The van der Waals surface area contributed by atoms with Crippen LogP contribution in [0.5, 0.6) is 0 Å². The number of carbonyl (C=O) groups is 2. The molecule has 0 radical (unpaired) electrons. The number of aliphatic carboxylic acids is 1. The highest BCUT2D eigenvalue weighted by molar-refractivity contribution is 5.91. The van der Waals surface area contributed by atoms with Gasteiger partial charge in [0.05, 0.1) is 5.92 Å². The van der Waals surface area contributed by atoms with Crippen molar-refractivity contribution in [3.05, 3.63) is 47.5 Å². The molecule has 3 rings (SSSR count). The topological polar surface area (TPSA) is 99.2 Å². The first-order valence-corrected chi connectivity index (χ1v) is 6.12. The molecule has 1 aliphatic rings. The number of carboxylic acids is 1. The van der Waals surface area contributed by atoms with Gasteiger partial charge in [-0.05, 0) is 11.1 Å². The molecule has 1 aromatic carbocycles. The number of nitrogens with zero attached hydrogens (tertiary/aromatic N) is 3. The number of benzene rings is 1. The zero-order valence-corrected chi connectivity index (χ0v) is 10.5. The number of H-pyrrole nitrogens is 1. The molecule has 1 aromatic heterocycles. The highest BCUT2D eigenvalue weighted by atomic mass is 16.4. The maximum absolute atomic E-state index is 12.2. The fraction of sp³-hybridized carbons (Fsp3) is 0.231. The summed E-state index contributed by atoms with van der Waals surface area (Å²) in [6, 6.07) is 7.28. The van der Waals surface area contributed by atoms with Crippen molar-refractivity contribution in [1.82, 2.24) is 20.1 Å². The van der Waals surface area contributed by atoms with Crippen molar-refractivity contribution in [3.63, 3.8) is 0 Å². The largest absolute Gasteiger partial charge is 0.481 e. The zero-order chi connectivity index (χ0) is 14.1. The number of hydrogen-bond acceptors (Lipinski definition) is 4. The second-order valence-corrected chi connectivity index (χ2v) is 4.61. The van der Waals surface area contributed by atoms with E-state index in [0.717, 1.165) is 11.1 Å². The fourth-order valence-corrected chi connectivity index (χ4v) is 2.43. The third kappa shape index (κ3) is 2.03. The Morgan fingerprint density at radius 3 is 2.85 bits per heavy atom. The zero-order valence-electron chi connectivity index (χ0n) is 10.5. The number of aromatic amines is 1. The van der Waals surface area contributed by atoms with Crippen molar-refractivity contribution in [2.45, 2.75) is 12.5 Å². The number of fused-ring (bicyclic) bond motifs is 1. The van der Waals surface area contributed by atoms with E-state index in [-0.39, 0.29) is 18.3 Å². The van der Waals surface area contributed by atoms with Crippen LogP contribution in [0.25, 0.3) is 0 Å². The van der Waals surface area contributed by atoms with Gasteiger partial charge in [0, 0.05) is 13.1 Å². The van der Waals surface area contributed by atoms with Crippen molar-refractivity contribution in [1.29, 1.82) is 0 Å². The van der Waals surface area contributed by atoms with Crippen LogP contribution in [0, 0.1) is 0 Å². The lowest BCUT2D eigenvalue weighted by Gasteiger charge is -2.32. The highest BCUT2D eigenvalue weighted by Gasteiger charge is 2.33. The predicted octanol–water partition coefficient (Wildman–Crippen LogP) is 0.629. The second-order valence-electron chi connectivity index (χ2n) is 4.61. The summed E-state index contributed by atoms with van der Waals surface area (Å²) in [5.74, 6) is -1.88. The number of hydrogen-bond donors (Lipinski definition) is 2. The van der Waals surface area contributed by atoms with Crippen molar-refractivity contribution in [2.24, 2.45) is 0 Å². The summed E-state index contributed by atoms with van der Waals surface area (Å²) in [7, 11) is 0. The van der Waals surface area contributed by atoms with Gasteiger partial charge in [0.15, 0.2) is 0 Å². The van der Waals surface area contributed by atoms with E-state index in [1.54, 1.807) is 6.07 Å². The Balaban J connectivity index is 1.94. The van der Waals surface area contributed by atoms with Crippen LogP contribution in [0.4, 0.5) is 0 Å². The summed E-state index contributed by atoms with van der Waals surface area (Å²) < 4.78 is 0. The van der Waals surface area contributed by atoms with Gasteiger partial charge in [-0.15, -0.1) is 0 Å². The molecule has 1 unspecified atom stereocenters. The molecule has 0 spiro atoms. The molecule has 20 heavy (non-hydrogen) atoms. The molecule has 0 saturated heterocycles. The second kappa shape index (κ2) is 4.76. The van der Waals surface area contributed by atoms with Crippen molar-refractivity contribution >= 4 is 11.9 Å². The Hall–Kier alpha value is -2.70. The van der Waals surface area contributed by atoms with E-state index in [1.807, 2.05) is 18.2 Å². The van der Waals surface area contributed by atoms with Crippen molar-refractivity contribution in [2.75, 3.05) is 6.54 Å². The quantitative estimate of drug-likeness (QED) is 0.835. The standard InChI is InChI=1S/C13H12N4O3/c18-12(11-14-7-15-16-11)17-5-8-3-1-2-4-9(8)10(6-17)13(19)20/h1-4,7,10H,5-6H2,(H,19,20)(H,14,15,16). The summed E-state index contributed by atoms with van der Waals surface area (Å²) in [5.41, 5.74) is 1.61. The smallest absolute Gasteiger partial charge is 0.312 e. The predicted molar refractivity (Wildman–Crippen MR) is 67.9 cm³/mol. The first-order valence-electron chi connectivity index (χ1n) is 6.12. The van der Waals surface area contributed by atoms with E-state index < -0.39 is 11.9 Å². The van der Waals surface area contributed by atoms with Gasteiger partial charge in [-0.3, -0.25) is 14.7 Å². The van der Waals surface area contributed by atoms with Crippen LogP contribution in [-0.4, -0.2) is 43.6 Å². The van der Waals surface area contributed by atoms with Crippen LogP contribution in [0.2, 0.25) is 0 Å². The molecule has 7 heteroatoms. The maximum Gasteiger partial charge on any atom is 0.312 e. The van der Waals surface area contributed by atoms with E-state index >= 15 is 0 Å². The van der Waals surface area contributed by atoms with Crippen LogP contribution >= 0.6 is 0 Å². The molecule has 0 bridgehead atoms. The van der Waals surface area contributed by atoms with Gasteiger partial charge in [0.1, 0.15) is 6.33 Å². The lowest BCUT2D eigenvalue weighted by molar-refractivity contribution is -0.139. The van der Waals surface area contributed by atoms with Gasteiger partial charge >= 0.3 is 5.97 Å². The Labute approximate surface area is 114 Å². The number of aromatic nitrogens is 3. The van der Waals surface area contributed by atoms with Crippen LogP contribution in [0.3, 0.4) is 0 Å². The molecule has 1 aliphatic heterocycles. The van der Waals surface area contributed by atoms with E-state index in [4.69, 9.17) is 0 Å². The summed E-state index contributed by atoms with van der Waals surface area (Å²) >= 11 is 0. The average molecular weight is 272 g/mol. The molecule has 2 aromatic rings. The summed E-state index contributed by atoms with van der Waals surface area (Å²) in [4.78, 5) is 28.9. The van der Waals surface area contributed by atoms with Gasteiger partial charge in [0.2, 0.25) is 5.82 Å². The monoisotopic (exact) mass is 272 g/mol. The summed E-state index contributed by atoms with van der Waals surface area (Å²) in [6.45, 7) is 0.505. The van der Waals surface area contributed by atoms with Crippen LogP contribution in [-0.2, 0) is 11.3 Å². The molecule has 1 amide bonds. The highest BCUT2D eigenvalue weighted by Crippen LogP contribution is 2.28. The van der Waals surface area contributed by atoms with Gasteiger partial charge in [-0.25, -0.2) is 4.98 Å². The maximum atomic E-state index is 12.2. The molecule has 0 fully saturated rings. The first-order chi connectivity index (χ1) is 9.66. The molecule has 7 nitrogen and oxygen atoms in total. The minimum Gasteiger partial charge on any atom is -0.481 e. The van der Waals surface area contributed by atoms with E-state index in [2.05, 4.69) is 15.2 Å². The number of amides is 1. The molecule has 1 atom stereocenters. The first kappa shape index (κ1) is 12.3. The molecule has 102 valence electrons. The van der Waals surface area contributed by atoms with Crippen LogP contribution in [0.15, 0.2) is 30.6 Å². The normalized spacial score (nSPS) is 17.6. The lowest BCUT2D eigenvalue weighted by atomic mass is 9.90. The van der Waals surface area contributed by atoms with Crippen LogP contribution in [0.1, 0.15) is 27.7 Å². The Morgan fingerprint density at radius 2 is 2.15 bits per heavy atom. The van der Waals surface area contributed by atoms with E-state index in [0.29, 0.717) is 6.54 Å². The number of carboxylic acid groups (broad SMARTS) is 1. The fourth-order valence-electron chi connectivity index (χ4n) is 2.43. The molecule has 0 aliphatic carbocycles.